The van der Waals surface area contributed by atoms with E-state index in [0.717, 1.165) is 5.75 Å². The van der Waals surface area contributed by atoms with Crippen LogP contribution in [0, 0.1) is 0 Å². The topological polar surface area (TPSA) is 64.6 Å². The molecular weight excluding hydrogens is 354 g/mol. The average Bonchev–Trinajstić information content (AvgIpc) is 2.72. The van der Waals surface area contributed by atoms with Gasteiger partial charge in [-0.3, -0.25) is 9.59 Å². The Balaban J connectivity index is 1.62. The molecule has 0 unspecified atom stereocenters. The van der Waals surface area contributed by atoms with Gasteiger partial charge in [0.25, 0.3) is 5.91 Å². The maximum absolute atomic E-state index is 12.7. The first-order chi connectivity index (χ1) is 13.6. The van der Waals surface area contributed by atoms with Crippen LogP contribution in [0.25, 0.3) is 0 Å². The summed E-state index contributed by atoms with van der Waals surface area (Å²) in [5, 5.41) is 2.81. The predicted molar refractivity (Wildman–Crippen MR) is 108 cm³/mol. The summed E-state index contributed by atoms with van der Waals surface area (Å²) in [6, 6.07) is 23.3. The number of carbonyl (C=O) groups is 2. The van der Waals surface area contributed by atoms with Crippen molar-refractivity contribution in [1.29, 1.82) is 0 Å². The molecule has 142 valence electrons. The second kappa shape index (κ2) is 9.37. The molecule has 3 aromatic rings. The molecule has 3 rings (SSSR count). The molecule has 0 spiro atoms. The van der Waals surface area contributed by atoms with Crippen molar-refractivity contribution in [2.45, 2.75) is 6.92 Å². The van der Waals surface area contributed by atoms with Gasteiger partial charge in [0.05, 0.1) is 5.56 Å². The van der Waals surface area contributed by atoms with Gasteiger partial charge in [0.15, 0.2) is 5.78 Å². The van der Waals surface area contributed by atoms with E-state index >= 15 is 0 Å². The SMILES string of the molecule is CC(=O)c1cccc(NC(=O)c2ccccc2OCCOc2ccccc2)c1. The lowest BCUT2D eigenvalue weighted by molar-refractivity contribution is 0.100. The minimum Gasteiger partial charge on any atom is -0.490 e. The van der Waals surface area contributed by atoms with Crippen LogP contribution in [0.5, 0.6) is 11.5 Å². The van der Waals surface area contributed by atoms with Crippen LogP contribution in [-0.2, 0) is 0 Å². The summed E-state index contributed by atoms with van der Waals surface area (Å²) in [5.74, 6) is 0.875. The van der Waals surface area contributed by atoms with Crippen LogP contribution >= 0.6 is 0 Å². The highest BCUT2D eigenvalue weighted by molar-refractivity contribution is 6.06. The lowest BCUT2D eigenvalue weighted by Gasteiger charge is -2.12. The number of carbonyl (C=O) groups excluding carboxylic acids is 2. The third-order valence-electron chi connectivity index (χ3n) is 4.01. The zero-order valence-electron chi connectivity index (χ0n) is 15.6. The quantitative estimate of drug-likeness (QED) is 0.462. The van der Waals surface area contributed by atoms with Crippen LogP contribution < -0.4 is 14.8 Å². The van der Waals surface area contributed by atoms with Crippen molar-refractivity contribution in [1.82, 2.24) is 0 Å². The fourth-order valence-electron chi connectivity index (χ4n) is 2.62. The fraction of sp³-hybridized carbons (Fsp3) is 0.130. The number of hydrogen-bond acceptors (Lipinski definition) is 4. The molecule has 0 atom stereocenters. The van der Waals surface area contributed by atoms with E-state index in [9.17, 15) is 9.59 Å². The summed E-state index contributed by atoms with van der Waals surface area (Å²) in [5.41, 5.74) is 1.51. The summed E-state index contributed by atoms with van der Waals surface area (Å²) >= 11 is 0. The van der Waals surface area contributed by atoms with Gasteiger partial charge >= 0.3 is 0 Å². The van der Waals surface area contributed by atoms with Crippen LogP contribution in [0.3, 0.4) is 0 Å². The Labute approximate surface area is 163 Å². The minimum atomic E-state index is -0.305. The number of ketones is 1. The first-order valence-corrected chi connectivity index (χ1v) is 8.95. The molecule has 0 aliphatic heterocycles. The van der Waals surface area contributed by atoms with Gasteiger partial charge in [0.2, 0.25) is 0 Å². The van der Waals surface area contributed by atoms with Gasteiger partial charge < -0.3 is 14.8 Å². The van der Waals surface area contributed by atoms with Crippen molar-refractivity contribution >= 4 is 17.4 Å². The van der Waals surface area contributed by atoms with E-state index in [4.69, 9.17) is 9.47 Å². The smallest absolute Gasteiger partial charge is 0.259 e. The lowest BCUT2D eigenvalue weighted by Crippen LogP contribution is -2.15. The van der Waals surface area contributed by atoms with Gasteiger partial charge in [-0.15, -0.1) is 0 Å². The molecule has 1 amide bonds. The number of para-hydroxylation sites is 2. The Morgan fingerprint density at radius 1 is 0.821 bits per heavy atom. The summed E-state index contributed by atoms with van der Waals surface area (Å²) in [7, 11) is 0. The predicted octanol–water partition coefficient (Wildman–Crippen LogP) is 4.60. The van der Waals surface area contributed by atoms with Crippen molar-refractivity contribution in [3.05, 3.63) is 90.0 Å². The number of benzene rings is 3. The van der Waals surface area contributed by atoms with E-state index in [1.807, 2.05) is 30.3 Å². The highest BCUT2D eigenvalue weighted by Crippen LogP contribution is 2.20. The standard InChI is InChI=1S/C23H21NO4/c1-17(25)18-8-7-9-19(16-18)24-23(26)21-12-5-6-13-22(21)28-15-14-27-20-10-3-2-4-11-20/h2-13,16H,14-15H2,1H3,(H,24,26). The van der Waals surface area contributed by atoms with E-state index < -0.39 is 0 Å². The number of ether oxygens (including phenoxy) is 2. The molecule has 0 bridgehead atoms. The Bertz CT molecular complexity index is 954. The molecule has 0 saturated heterocycles. The molecule has 0 saturated carbocycles. The minimum absolute atomic E-state index is 0.0572. The zero-order chi connectivity index (χ0) is 19.8. The molecule has 0 fully saturated rings. The molecule has 28 heavy (non-hydrogen) atoms. The third-order valence-corrected chi connectivity index (χ3v) is 4.01. The van der Waals surface area contributed by atoms with Crippen molar-refractivity contribution in [3.63, 3.8) is 0 Å². The molecular formula is C23H21NO4. The van der Waals surface area contributed by atoms with Crippen molar-refractivity contribution < 1.29 is 19.1 Å². The number of rotatable bonds is 8. The van der Waals surface area contributed by atoms with E-state index in [-0.39, 0.29) is 11.7 Å². The highest BCUT2D eigenvalue weighted by Gasteiger charge is 2.13. The Morgan fingerprint density at radius 2 is 1.54 bits per heavy atom. The summed E-state index contributed by atoms with van der Waals surface area (Å²) in [4.78, 5) is 24.2. The normalized spacial score (nSPS) is 10.2. The lowest BCUT2D eigenvalue weighted by atomic mass is 10.1. The van der Waals surface area contributed by atoms with Gasteiger partial charge in [-0.05, 0) is 43.3 Å². The van der Waals surface area contributed by atoms with Crippen LogP contribution in [0.1, 0.15) is 27.6 Å². The van der Waals surface area contributed by atoms with Crippen molar-refractivity contribution in [2.75, 3.05) is 18.5 Å². The van der Waals surface area contributed by atoms with Crippen molar-refractivity contribution in [2.24, 2.45) is 0 Å². The molecule has 5 heteroatoms. The van der Waals surface area contributed by atoms with Gasteiger partial charge in [-0.25, -0.2) is 0 Å². The largest absolute Gasteiger partial charge is 0.490 e. The monoisotopic (exact) mass is 375 g/mol. The van der Waals surface area contributed by atoms with Crippen LogP contribution in [0.15, 0.2) is 78.9 Å². The number of Topliss-reactive ketones (excluding diaryl/α,β-unsaturated/α-hetero) is 1. The molecule has 0 radical (unpaired) electrons. The molecule has 0 heterocycles. The number of anilines is 1. The zero-order valence-corrected chi connectivity index (χ0v) is 15.6. The second-order valence-corrected chi connectivity index (χ2v) is 6.10. The number of nitrogens with one attached hydrogen (secondary N) is 1. The second-order valence-electron chi connectivity index (χ2n) is 6.10. The summed E-state index contributed by atoms with van der Waals surface area (Å²) < 4.78 is 11.3. The van der Waals surface area contributed by atoms with Gasteiger partial charge in [0, 0.05) is 11.3 Å². The average molecular weight is 375 g/mol. The highest BCUT2D eigenvalue weighted by atomic mass is 16.5. The Hall–Kier alpha value is -3.60. The molecule has 3 aromatic carbocycles. The maximum Gasteiger partial charge on any atom is 0.259 e. The Kier molecular flexibility index (Phi) is 6.41. The van der Waals surface area contributed by atoms with E-state index in [0.29, 0.717) is 35.8 Å². The van der Waals surface area contributed by atoms with E-state index in [1.54, 1.807) is 48.5 Å². The van der Waals surface area contributed by atoms with Gasteiger partial charge in [-0.2, -0.15) is 0 Å². The summed E-state index contributed by atoms with van der Waals surface area (Å²) in [6.07, 6.45) is 0. The van der Waals surface area contributed by atoms with Crippen molar-refractivity contribution in [3.8, 4) is 11.5 Å². The molecule has 0 aliphatic carbocycles. The first-order valence-electron chi connectivity index (χ1n) is 8.95. The summed E-state index contributed by atoms with van der Waals surface area (Å²) in [6.45, 7) is 2.15. The molecule has 0 aromatic heterocycles. The molecule has 0 aliphatic rings. The maximum atomic E-state index is 12.7. The molecule has 1 N–H and O–H groups in total. The van der Waals surface area contributed by atoms with Crippen LogP contribution in [0.4, 0.5) is 5.69 Å². The third kappa shape index (κ3) is 5.20. The van der Waals surface area contributed by atoms with Gasteiger partial charge in [0.1, 0.15) is 24.7 Å². The number of hydrogen-bond donors (Lipinski definition) is 1. The van der Waals surface area contributed by atoms with Crippen LogP contribution in [0.2, 0.25) is 0 Å². The Morgan fingerprint density at radius 3 is 2.32 bits per heavy atom. The first kappa shape index (κ1) is 19.2. The van der Waals surface area contributed by atoms with E-state index in [2.05, 4.69) is 5.32 Å². The van der Waals surface area contributed by atoms with E-state index in [1.165, 1.54) is 6.92 Å². The fourth-order valence-corrected chi connectivity index (χ4v) is 2.62. The van der Waals surface area contributed by atoms with Gasteiger partial charge in [-0.1, -0.05) is 42.5 Å². The molecule has 5 nitrogen and oxygen atoms in total. The van der Waals surface area contributed by atoms with Crippen LogP contribution in [-0.4, -0.2) is 24.9 Å². The number of amides is 1.